The summed E-state index contributed by atoms with van der Waals surface area (Å²) in [7, 11) is 2.92. The van der Waals surface area contributed by atoms with E-state index in [1.807, 2.05) is 0 Å². The van der Waals surface area contributed by atoms with Gasteiger partial charge in [-0.25, -0.2) is 9.18 Å². The lowest BCUT2D eigenvalue weighted by Gasteiger charge is -2.21. The number of hydrogen-bond donors (Lipinski definition) is 0. The molecule has 5 heteroatoms. The molecule has 1 fully saturated rings. The van der Waals surface area contributed by atoms with Gasteiger partial charge in [0.05, 0.1) is 19.3 Å². The molecule has 0 aromatic heterocycles. The fraction of sp³-hybridized carbons (Fsp3) is 0.533. The minimum absolute atomic E-state index is 0.0221. The Morgan fingerprint density at radius 1 is 1.40 bits per heavy atom. The molecule has 4 nitrogen and oxygen atoms in total. The third-order valence-corrected chi connectivity index (χ3v) is 3.47. The van der Waals surface area contributed by atoms with E-state index in [-0.39, 0.29) is 5.56 Å². The summed E-state index contributed by atoms with van der Waals surface area (Å²) < 4.78 is 23.5. The summed E-state index contributed by atoms with van der Waals surface area (Å²) in [5.74, 6) is -1.18. The molecule has 2 rings (SSSR count). The van der Waals surface area contributed by atoms with Crippen LogP contribution in [0.2, 0.25) is 0 Å². The molecule has 110 valence electrons. The molecule has 1 aliphatic carbocycles. The topological polar surface area (TPSA) is 38.8 Å². The molecular formula is C15H20FNO3. The zero-order valence-corrected chi connectivity index (χ0v) is 11.9. The van der Waals surface area contributed by atoms with Crippen LogP contribution in [0.4, 0.5) is 4.39 Å². The molecule has 0 heterocycles. The lowest BCUT2D eigenvalue weighted by molar-refractivity contribution is 0.0595. The maximum atomic E-state index is 13.9. The van der Waals surface area contributed by atoms with Gasteiger partial charge < -0.3 is 9.47 Å². The molecule has 0 amide bonds. The van der Waals surface area contributed by atoms with Gasteiger partial charge in [-0.1, -0.05) is 6.07 Å². The minimum Gasteiger partial charge on any atom is -0.465 e. The summed E-state index contributed by atoms with van der Waals surface area (Å²) in [6.45, 7) is 2.17. The summed E-state index contributed by atoms with van der Waals surface area (Å²) in [6, 6.07) is 5.25. The van der Waals surface area contributed by atoms with Gasteiger partial charge >= 0.3 is 5.97 Å². The van der Waals surface area contributed by atoms with E-state index in [4.69, 9.17) is 4.74 Å². The molecule has 0 radical (unpaired) electrons. The lowest BCUT2D eigenvalue weighted by atomic mass is 10.1. The largest absolute Gasteiger partial charge is 0.465 e. The maximum Gasteiger partial charge on any atom is 0.340 e. The van der Waals surface area contributed by atoms with Crippen molar-refractivity contribution in [2.75, 3.05) is 27.4 Å². The third-order valence-electron chi connectivity index (χ3n) is 3.47. The van der Waals surface area contributed by atoms with Crippen LogP contribution in [0.25, 0.3) is 0 Å². The number of nitrogens with zero attached hydrogens (tertiary/aromatic N) is 1. The number of hydrogen-bond acceptors (Lipinski definition) is 4. The van der Waals surface area contributed by atoms with E-state index in [1.165, 1.54) is 32.1 Å². The highest BCUT2D eigenvalue weighted by molar-refractivity contribution is 5.89. The predicted octanol–water partition coefficient (Wildman–Crippen LogP) is 2.22. The number of carbonyl (C=O) groups is 1. The molecule has 0 aliphatic heterocycles. The quantitative estimate of drug-likeness (QED) is 0.718. The molecule has 0 spiro atoms. The molecule has 1 aromatic rings. The number of carbonyl (C=O) groups excluding carboxylic acids is 1. The first-order valence-electron chi connectivity index (χ1n) is 6.75. The van der Waals surface area contributed by atoms with Gasteiger partial charge in [0, 0.05) is 26.2 Å². The second kappa shape index (κ2) is 6.81. The molecular weight excluding hydrogens is 261 g/mol. The van der Waals surface area contributed by atoms with Gasteiger partial charge in [0.15, 0.2) is 0 Å². The number of rotatable bonds is 7. The third kappa shape index (κ3) is 3.77. The normalized spacial score (nSPS) is 14.6. The summed E-state index contributed by atoms with van der Waals surface area (Å²) in [6.07, 6.45) is 2.37. The van der Waals surface area contributed by atoms with Crippen LogP contribution in [-0.2, 0) is 16.0 Å². The second-order valence-corrected chi connectivity index (χ2v) is 5.00. The van der Waals surface area contributed by atoms with E-state index in [0.29, 0.717) is 19.2 Å². The van der Waals surface area contributed by atoms with Crippen LogP contribution in [0.3, 0.4) is 0 Å². The van der Waals surface area contributed by atoms with E-state index >= 15 is 0 Å². The Balaban J connectivity index is 2.04. The summed E-state index contributed by atoms with van der Waals surface area (Å²) >= 11 is 0. The maximum absolute atomic E-state index is 13.9. The van der Waals surface area contributed by atoms with Gasteiger partial charge in [0.25, 0.3) is 0 Å². The van der Waals surface area contributed by atoms with Crippen LogP contribution in [0, 0.1) is 5.82 Å². The highest BCUT2D eigenvalue weighted by Crippen LogP contribution is 2.28. The van der Waals surface area contributed by atoms with E-state index in [1.54, 1.807) is 13.2 Å². The van der Waals surface area contributed by atoms with E-state index in [0.717, 1.165) is 12.1 Å². The first kappa shape index (κ1) is 14.9. The van der Waals surface area contributed by atoms with Crippen LogP contribution in [0.1, 0.15) is 28.8 Å². The van der Waals surface area contributed by atoms with Crippen molar-refractivity contribution in [3.8, 4) is 0 Å². The van der Waals surface area contributed by atoms with E-state index in [9.17, 15) is 9.18 Å². The smallest absolute Gasteiger partial charge is 0.340 e. The number of ether oxygens (including phenoxy) is 2. The van der Waals surface area contributed by atoms with Crippen molar-refractivity contribution in [2.24, 2.45) is 0 Å². The van der Waals surface area contributed by atoms with Crippen LogP contribution in [0.5, 0.6) is 0 Å². The van der Waals surface area contributed by atoms with Crippen molar-refractivity contribution in [1.82, 2.24) is 4.90 Å². The van der Waals surface area contributed by atoms with E-state index in [2.05, 4.69) is 9.64 Å². The monoisotopic (exact) mass is 281 g/mol. The van der Waals surface area contributed by atoms with Crippen LogP contribution >= 0.6 is 0 Å². The summed E-state index contributed by atoms with van der Waals surface area (Å²) in [5, 5.41) is 0. The standard InChI is InChI=1S/C15H20FNO3/c1-19-8-7-17(12-4-5-12)10-11-3-6-13(14(16)9-11)15(18)20-2/h3,6,9,12H,4-5,7-8,10H2,1-2H3. The summed E-state index contributed by atoms with van der Waals surface area (Å²) in [5.41, 5.74) is 0.837. The fourth-order valence-electron chi connectivity index (χ4n) is 2.21. The first-order valence-corrected chi connectivity index (χ1v) is 6.75. The molecule has 0 N–H and O–H groups in total. The van der Waals surface area contributed by atoms with Crippen LogP contribution in [-0.4, -0.2) is 44.3 Å². The minimum atomic E-state index is -0.646. The first-order chi connectivity index (χ1) is 9.65. The second-order valence-electron chi connectivity index (χ2n) is 5.00. The Bertz CT molecular complexity index is 474. The molecule has 1 aromatic carbocycles. The molecule has 20 heavy (non-hydrogen) atoms. The Labute approximate surface area is 118 Å². The van der Waals surface area contributed by atoms with Crippen molar-refractivity contribution in [2.45, 2.75) is 25.4 Å². The highest BCUT2D eigenvalue weighted by atomic mass is 19.1. The average molecular weight is 281 g/mol. The van der Waals surface area contributed by atoms with Crippen molar-refractivity contribution >= 4 is 5.97 Å². The van der Waals surface area contributed by atoms with Gasteiger partial charge in [-0.15, -0.1) is 0 Å². The zero-order chi connectivity index (χ0) is 14.5. The van der Waals surface area contributed by atoms with Crippen LogP contribution in [0.15, 0.2) is 18.2 Å². The predicted molar refractivity (Wildman–Crippen MR) is 73.0 cm³/mol. The van der Waals surface area contributed by atoms with Crippen molar-refractivity contribution in [3.63, 3.8) is 0 Å². The van der Waals surface area contributed by atoms with Crippen LogP contribution < -0.4 is 0 Å². The van der Waals surface area contributed by atoms with Gasteiger partial charge in [-0.2, -0.15) is 0 Å². The van der Waals surface area contributed by atoms with Crippen molar-refractivity contribution < 1.29 is 18.7 Å². The van der Waals surface area contributed by atoms with Gasteiger partial charge in [0.1, 0.15) is 5.82 Å². The highest BCUT2D eigenvalue weighted by Gasteiger charge is 2.28. The Hall–Kier alpha value is -1.46. The summed E-state index contributed by atoms with van der Waals surface area (Å²) in [4.78, 5) is 13.6. The Morgan fingerprint density at radius 3 is 2.70 bits per heavy atom. The number of esters is 1. The molecule has 0 unspecified atom stereocenters. The number of halogens is 1. The fourth-order valence-corrected chi connectivity index (χ4v) is 2.21. The molecule has 1 saturated carbocycles. The van der Waals surface area contributed by atoms with Gasteiger partial charge in [-0.05, 0) is 30.5 Å². The molecule has 0 saturated heterocycles. The van der Waals surface area contributed by atoms with E-state index < -0.39 is 11.8 Å². The zero-order valence-electron chi connectivity index (χ0n) is 11.9. The number of benzene rings is 1. The lowest BCUT2D eigenvalue weighted by Crippen LogP contribution is -2.29. The number of methoxy groups -OCH3 is 2. The van der Waals surface area contributed by atoms with Gasteiger partial charge in [0.2, 0.25) is 0 Å². The average Bonchev–Trinajstić information content (AvgIpc) is 3.27. The Morgan fingerprint density at radius 2 is 2.15 bits per heavy atom. The Kier molecular flexibility index (Phi) is 5.09. The SMILES string of the molecule is COCCN(Cc1ccc(C(=O)OC)c(F)c1)C1CC1. The van der Waals surface area contributed by atoms with Gasteiger partial charge in [-0.3, -0.25) is 4.90 Å². The van der Waals surface area contributed by atoms with Crippen molar-refractivity contribution in [3.05, 3.63) is 35.1 Å². The molecule has 1 aliphatic rings. The van der Waals surface area contributed by atoms with Crippen molar-refractivity contribution in [1.29, 1.82) is 0 Å². The molecule has 0 bridgehead atoms. The molecule has 0 atom stereocenters.